The van der Waals surface area contributed by atoms with Crippen molar-refractivity contribution in [2.75, 3.05) is 18.8 Å². The van der Waals surface area contributed by atoms with Crippen LogP contribution in [0.5, 0.6) is 0 Å². The Balaban J connectivity index is 1.92. The summed E-state index contributed by atoms with van der Waals surface area (Å²) in [6.45, 7) is 7.68. The normalized spacial score (nSPS) is 25.4. The SMILES string of the molecule is C=C/C(C)=C\C=C1\C=C(C(=O)N[C@@H]2CCCNC2)SC1. The minimum atomic E-state index is 0.0662. The molecule has 2 rings (SSSR count). The van der Waals surface area contributed by atoms with Gasteiger partial charge < -0.3 is 10.6 Å². The minimum absolute atomic E-state index is 0.0662. The Hall–Kier alpha value is -1.26. The molecule has 20 heavy (non-hydrogen) atoms. The average molecular weight is 290 g/mol. The van der Waals surface area contributed by atoms with Gasteiger partial charge in [-0.05, 0) is 38.0 Å². The van der Waals surface area contributed by atoms with E-state index >= 15 is 0 Å². The zero-order valence-corrected chi connectivity index (χ0v) is 12.8. The summed E-state index contributed by atoms with van der Waals surface area (Å²) in [7, 11) is 0. The number of carbonyl (C=O) groups excluding carboxylic acids is 1. The van der Waals surface area contributed by atoms with E-state index in [9.17, 15) is 4.79 Å². The summed E-state index contributed by atoms with van der Waals surface area (Å²) < 4.78 is 0. The summed E-state index contributed by atoms with van der Waals surface area (Å²) in [5.41, 5.74) is 2.31. The third-order valence-electron chi connectivity index (χ3n) is 3.45. The zero-order chi connectivity index (χ0) is 14.4. The van der Waals surface area contributed by atoms with Gasteiger partial charge in [0.05, 0.1) is 4.91 Å². The summed E-state index contributed by atoms with van der Waals surface area (Å²) in [5.74, 6) is 0.934. The lowest BCUT2D eigenvalue weighted by Crippen LogP contribution is -2.45. The molecule has 0 aromatic rings. The second kappa shape index (κ2) is 7.50. The zero-order valence-electron chi connectivity index (χ0n) is 11.9. The third kappa shape index (κ3) is 4.39. The number of nitrogens with one attached hydrogen (secondary N) is 2. The molecule has 2 heterocycles. The van der Waals surface area contributed by atoms with Crippen LogP contribution in [0.4, 0.5) is 0 Å². The second-order valence-electron chi connectivity index (χ2n) is 5.17. The molecule has 1 saturated heterocycles. The first-order valence-electron chi connectivity index (χ1n) is 7.05. The molecule has 2 N–H and O–H groups in total. The van der Waals surface area contributed by atoms with Crippen LogP contribution in [0.15, 0.2) is 46.9 Å². The number of rotatable bonds is 4. The topological polar surface area (TPSA) is 41.1 Å². The standard InChI is InChI=1S/C16H22N2OS/c1-3-12(2)6-7-13-9-15(20-11-13)16(19)18-14-5-4-8-17-10-14/h3,6-7,9,14,17H,1,4-5,8,10-11H2,2H3,(H,18,19)/b12-6-,13-7-/t14-/m1/s1. The number of piperidine rings is 1. The van der Waals surface area contributed by atoms with Gasteiger partial charge in [-0.15, -0.1) is 11.8 Å². The van der Waals surface area contributed by atoms with E-state index in [2.05, 4.69) is 23.3 Å². The molecule has 4 heteroatoms. The van der Waals surface area contributed by atoms with E-state index in [-0.39, 0.29) is 11.9 Å². The van der Waals surface area contributed by atoms with E-state index < -0.39 is 0 Å². The molecule has 1 atom stereocenters. The molecule has 0 spiro atoms. The molecule has 0 radical (unpaired) electrons. The molecular formula is C16H22N2OS. The van der Waals surface area contributed by atoms with Gasteiger partial charge in [0.15, 0.2) is 0 Å². The van der Waals surface area contributed by atoms with E-state index in [1.165, 1.54) is 5.57 Å². The van der Waals surface area contributed by atoms with Crippen LogP contribution in [-0.4, -0.2) is 30.8 Å². The number of amides is 1. The lowest BCUT2D eigenvalue weighted by molar-refractivity contribution is -0.117. The Bertz CT molecular complexity index is 471. The summed E-state index contributed by atoms with van der Waals surface area (Å²) in [5, 5.41) is 6.42. The first kappa shape index (κ1) is 15.1. The van der Waals surface area contributed by atoms with Gasteiger partial charge in [-0.2, -0.15) is 0 Å². The monoisotopic (exact) mass is 290 g/mol. The van der Waals surface area contributed by atoms with Crippen LogP contribution in [0.3, 0.4) is 0 Å². The predicted molar refractivity (Wildman–Crippen MR) is 86.6 cm³/mol. The number of thioether (sulfide) groups is 1. The van der Waals surface area contributed by atoms with Crippen LogP contribution in [-0.2, 0) is 4.79 Å². The van der Waals surface area contributed by atoms with Crippen molar-refractivity contribution < 1.29 is 4.79 Å². The molecular weight excluding hydrogens is 268 g/mol. The van der Waals surface area contributed by atoms with Crippen LogP contribution in [0, 0.1) is 0 Å². The van der Waals surface area contributed by atoms with Crippen LogP contribution < -0.4 is 10.6 Å². The van der Waals surface area contributed by atoms with Crippen molar-refractivity contribution in [3.05, 3.63) is 46.9 Å². The van der Waals surface area contributed by atoms with E-state index in [0.717, 1.165) is 42.2 Å². The molecule has 2 aliphatic rings. The van der Waals surface area contributed by atoms with E-state index in [0.29, 0.717) is 0 Å². The third-order valence-corrected chi connectivity index (χ3v) is 4.54. The van der Waals surface area contributed by atoms with Crippen molar-refractivity contribution in [2.45, 2.75) is 25.8 Å². The molecule has 0 unspecified atom stereocenters. The fourth-order valence-electron chi connectivity index (χ4n) is 2.18. The highest BCUT2D eigenvalue weighted by molar-refractivity contribution is 8.04. The molecule has 0 saturated carbocycles. The Kier molecular flexibility index (Phi) is 5.68. The number of hydrogen-bond acceptors (Lipinski definition) is 3. The number of allylic oxidation sites excluding steroid dienone is 5. The van der Waals surface area contributed by atoms with Crippen LogP contribution in [0.2, 0.25) is 0 Å². The van der Waals surface area contributed by atoms with Crippen molar-refractivity contribution in [1.82, 2.24) is 10.6 Å². The highest BCUT2D eigenvalue weighted by Gasteiger charge is 2.21. The fourth-order valence-corrected chi connectivity index (χ4v) is 3.10. The quantitative estimate of drug-likeness (QED) is 0.782. The van der Waals surface area contributed by atoms with Gasteiger partial charge in [-0.3, -0.25) is 4.79 Å². The maximum atomic E-state index is 12.2. The van der Waals surface area contributed by atoms with E-state index in [1.54, 1.807) is 11.8 Å². The molecule has 1 amide bonds. The van der Waals surface area contributed by atoms with Crippen LogP contribution >= 0.6 is 11.8 Å². The molecule has 0 aromatic heterocycles. The Morgan fingerprint density at radius 2 is 2.45 bits per heavy atom. The Labute approximate surface area is 125 Å². The van der Waals surface area contributed by atoms with Crippen molar-refractivity contribution in [1.29, 1.82) is 0 Å². The lowest BCUT2D eigenvalue weighted by Gasteiger charge is -2.23. The average Bonchev–Trinajstić information content (AvgIpc) is 2.95. The maximum absolute atomic E-state index is 12.2. The highest BCUT2D eigenvalue weighted by atomic mass is 32.2. The van der Waals surface area contributed by atoms with Crippen molar-refractivity contribution in [3.8, 4) is 0 Å². The summed E-state index contributed by atoms with van der Waals surface area (Å²) in [6.07, 6.45) is 10.1. The van der Waals surface area contributed by atoms with Crippen molar-refractivity contribution >= 4 is 17.7 Å². The van der Waals surface area contributed by atoms with Gasteiger partial charge in [0, 0.05) is 18.3 Å². The van der Waals surface area contributed by atoms with Crippen LogP contribution in [0.1, 0.15) is 19.8 Å². The van der Waals surface area contributed by atoms with Gasteiger partial charge in [0.1, 0.15) is 0 Å². The van der Waals surface area contributed by atoms with Gasteiger partial charge in [-0.25, -0.2) is 0 Å². The summed E-state index contributed by atoms with van der Waals surface area (Å²) in [4.78, 5) is 13.0. The Morgan fingerprint density at radius 3 is 3.15 bits per heavy atom. The van der Waals surface area contributed by atoms with Crippen molar-refractivity contribution in [2.24, 2.45) is 0 Å². The lowest BCUT2D eigenvalue weighted by atomic mass is 10.1. The maximum Gasteiger partial charge on any atom is 0.257 e. The van der Waals surface area contributed by atoms with Gasteiger partial charge in [-0.1, -0.05) is 30.4 Å². The molecule has 2 aliphatic heterocycles. The van der Waals surface area contributed by atoms with Crippen LogP contribution in [0.25, 0.3) is 0 Å². The summed E-state index contributed by atoms with van der Waals surface area (Å²) in [6, 6.07) is 0.272. The minimum Gasteiger partial charge on any atom is -0.348 e. The largest absolute Gasteiger partial charge is 0.348 e. The molecule has 0 aromatic carbocycles. The predicted octanol–water partition coefficient (Wildman–Crippen LogP) is 2.54. The molecule has 3 nitrogen and oxygen atoms in total. The fraction of sp³-hybridized carbons (Fsp3) is 0.438. The smallest absolute Gasteiger partial charge is 0.257 e. The van der Waals surface area contributed by atoms with Gasteiger partial charge in [0.2, 0.25) is 0 Å². The van der Waals surface area contributed by atoms with E-state index in [4.69, 9.17) is 0 Å². The first-order valence-corrected chi connectivity index (χ1v) is 8.03. The Morgan fingerprint density at radius 1 is 1.60 bits per heavy atom. The van der Waals surface area contributed by atoms with Gasteiger partial charge in [0.25, 0.3) is 5.91 Å². The van der Waals surface area contributed by atoms with Crippen molar-refractivity contribution in [3.63, 3.8) is 0 Å². The summed E-state index contributed by atoms with van der Waals surface area (Å²) >= 11 is 1.61. The highest BCUT2D eigenvalue weighted by Crippen LogP contribution is 2.29. The number of hydrogen-bond donors (Lipinski definition) is 2. The molecule has 0 bridgehead atoms. The second-order valence-corrected chi connectivity index (χ2v) is 6.19. The molecule has 1 fully saturated rings. The molecule has 108 valence electrons. The molecule has 0 aliphatic carbocycles. The number of carbonyl (C=O) groups is 1. The first-order chi connectivity index (χ1) is 9.69. The van der Waals surface area contributed by atoms with E-state index in [1.807, 2.05) is 25.2 Å². The van der Waals surface area contributed by atoms with Gasteiger partial charge >= 0.3 is 0 Å².